The Morgan fingerprint density at radius 3 is 2.79 bits per heavy atom. The van der Waals surface area contributed by atoms with Crippen molar-refractivity contribution >= 4 is 16.0 Å². The second-order valence-electron chi connectivity index (χ2n) is 6.09. The Bertz CT molecular complexity index is 985. The van der Waals surface area contributed by atoms with E-state index in [2.05, 4.69) is 9.97 Å². The largest absolute Gasteiger partial charge is 0.480 e. The number of piperidine rings is 1. The third kappa shape index (κ3) is 4.20. The maximum Gasteiger partial charge on any atom is 0.338 e. The second-order valence-corrected chi connectivity index (χ2v) is 8.03. The van der Waals surface area contributed by atoms with E-state index < -0.39 is 33.5 Å². The molecule has 2 aromatic rings. The molecule has 2 heterocycles. The zero-order chi connectivity index (χ0) is 20.3. The minimum Gasteiger partial charge on any atom is -0.480 e. The Morgan fingerprint density at radius 2 is 2.07 bits per heavy atom. The number of hydrogen-bond donors (Lipinski definition) is 1. The van der Waals surface area contributed by atoms with Crippen LogP contribution in [0.15, 0.2) is 35.5 Å². The van der Waals surface area contributed by atoms with Crippen molar-refractivity contribution in [3.63, 3.8) is 0 Å². The van der Waals surface area contributed by atoms with Gasteiger partial charge in [0.25, 0.3) is 0 Å². The van der Waals surface area contributed by atoms with Crippen LogP contribution in [0.1, 0.15) is 23.2 Å². The number of carboxylic acid groups (broad SMARTS) is 1. The summed E-state index contributed by atoms with van der Waals surface area (Å²) in [5.41, 5.74) is -0.697. The summed E-state index contributed by atoms with van der Waals surface area (Å²) in [7, 11) is -2.57. The number of hydrogen-bond acceptors (Lipinski definition) is 7. The van der Waals surface area contributed by atoms with Crippen molar-refractivity contribution in [3.05, 3.63) is 42.0 Å². The zero-order valence-electron chi connectivity index (χ0n) is 14.9. The number of nitrogens with zero attached hydrogens (tertiary/aromatic N) is 3. The van der Waals surface area contributed by atoms with Crippen LogP contribution in [0.3, 0.4) is 0 Å². The van der Waals surface area contributed by atoms with E-state index in [0.717, 1.165) is 18.2 Å². The zero-order valence-corrected chi connectivity index (χ0v) is 15.7. The minimum absolute atomic E-state index is 0.0427. The fraction of sp³-hybridized carbons (Fsp3) is 0.353. The van der Waals surface area contributed by atoms with E-state index >= 15 is 0 Å². The number of methoxy groups -OCH3 is 1. The monoisotopic (exact) mass is 411 g/mol. The van der Waals surface area contributed by atoms with Gasteiger partial charge >= 0.3 is 5.97 Å². The maximum absolute atomic E-state index is 13.6. The summed E-state index contributed by atoms with van der Waals surface area (Å²) in [5, 5.41) is 9.02. The molecule has 1 unspecified atom stereocenters. The van der Waals surface area contributed by atoms with Gasteiger partial charge in [-0.15, -0.1) is 0 Å². The second kappa shape index (κ2) is 8.07. The average Bonchev–Trinajstić information content (AvgIpc) is 2.68. The predicted molar refractivity (Wildman–Crippen MR) is 94.4 cm³/mol. The van der Waals surface area contributed by atoms with Gasteiger partial charge in [-0.25, -0.2) is 17.6 Å². The molecule has 11 heteroatoms. The molecule has 28 heavy (non-hydrogen) atoms. The molecule has 0 bridgehead atoms. The van der Waals surface area contributed by atoms with Crippen molar-refractivity contribution in [1.29, 1.82) is 0 Å². The summed E-state index contributed by atoms with van der Waals surface area (Å²) in [6.07, 6.45) is 3.49. The van der Waals surface area contributed by atoms with E-state index in [0.29, 0.717) is 12.8 Å². The number of carbonyl (C=O) groups is 1. The van der Waals surface area contributed by atoms with Crippen molar-refractivity contribution < 1.29 is 32.2 Å². The van der Waals surface area contributed by atoms with Gasteiger partial charge in [-0.3, -0.25) is 4.98 Å². The Labute approximate surface area is 160 Å². The van der Waals surface area contributed by atoms with Crippen molar-refractivity contribution in [2.24, 2.45) is 0 Å². The van der Waals surface area contributed by atoms with Gasteiger partial charge in [-0.05, 0) is 31.0 Å². The van der Waals surface area contributed by atoms with Gasteiger partial charge in [-0.1, -0.05) is 0 Å². The molecule has 1 aliphatic rings. The number of sulfonamides is 1. The summed E-state index contributed by atoms with van der Waals surface area (Å²) in [5.74, 6) is -2.06. The molecule has 1 fully saturated rings. The molecule has 1 saturated heterocycles. The SMILES string of the molecule is COc1cncc(OC2CCCN(S(=O)(=O)c3ccc(F)c(C(=O)O)c3)C2)n1. The molecule has 150 valence electrons. The van der Waals surface area contributed by atoms with Crippen LogP contribution in [-0.4, -0.2) is 60.1 Å². The van der Waals surface area contributed by atoms with Gasteiger partial charge in [0.2, 0.25) is 21.8 Å². The number of aromatic carboxylic acids is 1. The van der Waals surface area contributed by atoms with Crippen molar-refractivity contribution in [2.75, 3.05) is 20.2 Å². The van der Waals surface area contributed by atoms with E-state index in [4.69, 9.17) is 14.6 Å². The highest BCUT2D eigenvalue weighted by Crippen LogP contribution is 2.25. The fourth-order valence-electron chi connectivity index (χ4n) is 2.85. The number of ether oxygens (including phenoxy) is 2. The Hall–Kier alpha value is -2.79. The third-order valence-electron chi connectivity index (χ3n) is 4.23. The Morgan fingerprint density at radius 1 is 1.32 bits per heavy atom. The summed E-state index contributed by atoms with van der Waals surface area (Å²) in [4.78, 5) is 18.8. The Kier molecular flexibility index (Phi) is 5.75. The van der Waals surface area contributed by atoms with Crippen molar-refractivity contribution in [2.45, 2.75) is 23.8 Å². The van der Waals surface area contributed by atoms with Crippen LogP contribution in [-0.2, 0) is 10.0 Å². The van der Waals surface area contributed by atoms with Gasteiger partial charge in [0.05, 0.1) is 36.5 Å². The lowest BCUT2D eigenvalue weighted by molar-refractivity contribution is 0.0691. The molecule has 0 radical (unpaired) electrons. The molecule has 0 aliphatic carbocycles. The molecule has 1 aromatic carbocycles. The molecule has 0 amide bonds. The molecule has 9 nitrogen and oxygen atoms in total. The fourth-order valence-corrected chi connectivity index (χ4v) is 4.39. The number of carboxylic acids is 1. The van der Waals surface area contributed by atoms with Crippen LogP contribution >= 0.6 is 0 Å². The number of benzene rings is 1. The van der Waals surface area contributed by atoms with Crippen LogP contribution in [0.2, 0.25) is 0 Å². The molecule has 1 aromatic heterocycles. The third-order valence-corrected chi connectivity index (χ3v) is 6.09. The number of aromatic nitrogens is 2. The van der Waals surface area contributed by atoms with Crippen LogP contribution in [0.4, 0.5) is 4.39 Å². The summed E-state index contributed by atoms with van der Waals surface area (Å²) < 4.78 is 51.2. The van der Waals surface area contributed by atoms with E-state index in [1.165, 1.54) is 23.8 Å². The topological polar surface area (TPSA) is 119 Å². The predicted octanol–water partition coefficient (Wildman–Crippen LogP) is 1.55. The van der Waals surface area contributed by atoms with Crippen LogP contribution in [0.25, 0.3) is 0 Å². The van der Waals surface area contributed by atoms with Gasteiger partial charge in [0.15, 0.2) is 0 Å². The lowest BCUT2D eigenvalue weighted by Crippen LogP contribution is -2.44. The molecule has 1 aliphatic heterocycles. The maximum atomic E-state index is 13.6. The smallest absolute Gasteiger partial charge is 0.338 e. The molecular weight excluding hydrogens is 393 g/mol. The summed E-state index contributed by atoms with van der Waals surface area (Å²) in [6.45, 7) is 0.284. The summed E-state index contributed by atoms with van der Waals surface area (Å²) in [6, 6.07) is 2.71. The van der Waals surface area contributed by atoms with E-state index in [9.17, 15) is 17.6 Å². The van der Waals surface area contributed by atoms with Crippen LogP contribution in [0.5, 0.6) is 11.8 Å². The lowest BCUT2D eigenvalue weighted by atomic mass is 10.1. The molecule has 0 saturated carbocycles. The molecular formula is C17H18FN3O6S. The molecule has 1 atom stereocenters. The standard InChI is InChI=1S/C17H18FN3O6S/c1-26-15-8-19-9-16(20-15)27-11-3-2-6-21(10-11)28(24,25)12-4-5-14(18)13(7-12)17(22)23/h4-5,7-9,11H,2-3,6,10H2,1H3,(H,22,23). The van der Waals surface area contributed by atoms with Crippen LogP contribution in [0, 0.1) is 5.82 Å². The van der Waals surface area contributed by atoms with Gasteiger partial charge in [0, 0.05) is 6.54 Å². The van der Waals surface area contributed by atoms with Gasteiger partial charge in [0.1, 0.15) is 11.9 Å². The number of halogens is 1. The van der Waals surface area contributed by atoms with E-state index in [1.807, 2.05) is 0 Å². The first-order valence-corrected chi connectivity index (χ1v) is 9.81. The molecule has 1 N–H and O–H groups in total. The summed E-state index contributed by atoms with van der Waals surface area (Å²) >= 11 is 0. The lowest BCUT2D eigenvalue weighted by Gasteiger charge is -2.31. The first-order valence-electron chi connectivity index (χ1n) is 8.37. The van der Waals surface area contributed by atoms with Crippen LogP contribution < -0.4 is 9.47 Å². The highest BCUT2D eigenvalue weighted by molar-refractivity contribution is 7.89. The van der Waals surface area contributed by atoms with Crippen molar-refractivity contribution in [1.82, 2.24) is 14.3 Å². The van der Waals surface area contributed by atoms with E-state index in [-0.39, 0.29) is 29.7 Å². The molecule has 0 spiro atoms. The first-order chi connectivity index (χ1) is 13.3. The average molecular weight is 411 g/mol. The first kappa shape index (κ1) is 20.0. The Balaban J connectivity index is 1.79. The van der Waals surface area contributed by atoms with E-state index in [1.54, 1.807) is 0 Å². The number of rotatable bonds is 6. The highest BCUT2D eigenvalue weighted by Gasteiger charge is 2.32. The normalized spacial score (nSPS) is 17.9. The van der Waals surface area contributed by atoms with Gasteiger partial charge < -0.3 is 14.6 Å². The molecule has 3 rings (SSSR count). The van der Waals surface area contributed by atoms with Crippen molar-refractivity contribution in [3.8, 4) is 11.8 Å². The van der Waals surface area contributed by atoms with Gasteiger partial charge in [-0.2, -0.15) is 9.29 Å². The quantitative estimate of drug-likeness (QED) is 0.761. The minimum atomic E-state index is -4.01. The highest BCUT2D eigenvalue weighted by atomic mass is 32.2.